The van der Waals surface area contributed by atoms with Crippen LogP contribution in [0.1, 0.15) is 39.0 Å². The highest BCUT2D eigenvalue weighted by molar-refractivity contribution is 7.99. The standard InChI is InChI=1S/C18H24ClNO3S/c1-13-4-2-3-5-16(13)20-17(21)12-23-18(22)10-11-24-15-8-6-14(19)7-9-15/h6-9,13,16H,2-5,10-12H2,1H3,(H,20,21)/t13-,16-/m1/s1. The molecule has 2 rings (SSSR count). The van der Waals surface area contributed by atoms with E-state index in [4.69, 9.17) is 16.3 Å². The Morgan fingerprint density at radius 2 is 1.96 bits per heavy atom. The van der Waals surface area contributed by atoms with Crippen molar-refractivity contribution in [3.63, 3.8) is 0 Å². The third kappa shape index (κ3) is 6.73. The number of rotatable bonds is 7. The van der Waals surface area contributed by atoms with E-state index < -0.39 is 0 Å². The van der Waals surface area contributed by atoms with Crippen molar-refractivity contribution >= 4 is 35.2 Å². The van der Waals surface area contributed by atoms with Crippen LogP contribution in [0.25, 0.3) is 0 Å². The number of carbonyl (C=O) groups is 2. The second kappa shape index (κ2) is 9.94. The Labute approximate surface area is 152 Å². The average molecular weight is 370 g/mol. The van der Waals surface area contributed by atoms with Crippen molar-refractivity contribution in [2.24, 2.45) is 5.92 Å². The SMILES string of the molecule is C[C@@H]1CCCC[C@H]1NC(=O)COC(=O)CCSc1ccc(Cl)cc1. The molecule has 0 bridgehead atoms. The molecule has 1 aliphatic rings. The number of halogens is 1. The monoisotopic (exact) mass is 369 g/mol. The molecule has 2 atom stereocenters. The van der Waals surface area contributed by atoms with Crippen molar-refractivity contribution in [3.8, 4) is 0 Å². The molecule has 0 aromatic heterocycles. The van der Waals surface area contributed by atoms with Gasteiger partial charge in [0, 0.05) is 21.7 Å². The lowest BCUT2D eigenvalue weighted by Gasteiger charge is -2.29. The first-order valence-electron chi connectivity index (χ1n) is 8.38. The maximum atomic E-state index is 11.9. The molecule has 1 amide bonds. The minimum Gasteiger partial charge on any atom is -0.456 e. The molecule has 1 saturated carbocycles. The molecule has 4 nitrogen and oxygen atoms in total. The molecule has 24 heavy (non-hydrogen) atoms. The van der Waals surface area contributed by atoms with Crippen molar-refractivity contribution in [2.45, 2.75) is 50.0 Å². The molecule has 1 fully saturated rings. The predicted octanol–water partition coefficient (Wildman–Crippen LogP) is 4.06. The molecule has 1 N–H and O–H groups in total. The van der Waals surface area contributed by atoms with Crippen LogP contribution in [0, 0.1) is 5.92 Å². The Bertz CT molecular complexity index is 550. The Morgan fingerprint density at radius 3 is 2.67 bits per heavy atom. The van der Waals surface area contributed by atoms with E-state index in [0.29, 0.717) is 16.7 Å². The first-order valence-corrected chi connectivity index (χ1v) is 9.74. The Morgan fingerprint density at radius 1 is 1.25 bits per heavy atom. The number of hydrogen-bond acceptors (Lipinski definition) is 4. The van der Waals surface area contributed by atoms with Crippen LogP contribution in [0.2, 0.25) is 5.02 Å². The summed E-state index contributed by atoms with van der Waals surface area (Å²) in [6.45, 7) is 1.97. The highest BCUT2D eigenvalue weighted by Gasteiger charge is 2.23. The summed E-state index contributed by atoms with van der Waals surface area (Å²) >= 11 is 7.39. The zero-order valence-electron chi connectivity index (χ0n) is 13.9. The number of amides is 1. The largest absolute Gasteiger partial charge is 0.456 e. The summed E-state index contributed by atoms with van der Waals surface area (Å²) in [7, 11) is 0. The fraction of sp³-hybridized carbons (Fsp3) is 0.556. The lowest BCUT2D eigenvalue weighted by molar-refractivity contribution is -0.148. The second-order valence-electron chi connectivity index (χ2n) is 6.15. The number of hydrogen-bond donors (Lipinski definition) is 1. The van der Waals surface area contributed by atoms with Gasteiger partial charge in [-0.1, -0.05) is 31.4 Å². The van der Waals surface area contributed by atoms with E-state index in [2.05, 4.69) is 12.2 Å². The maximum Gasteiger partial charge on any atom is 0.307 e. The van der Waals surface area contributed by atoms with Gasteiger partial charge < -0.3 is 10.1 Å². The molecule has 0 unspecified atom stereocenters. The average Bonchev–Trinajstić information content (AvgIpc) is 2.57. The van der Waals surface area contributed by atoms with E-state index >= 15 is 0 Å². The predicted molar refractivity (Wildman–Crippen MR) is 97.3 cm³/mol. The number of benzene rings is 1. The molecule has 0 saturated heterocycles. The topological polar surface area (TPSA) is 55.4 Å². The number of nitrogens with one attached hydrogen (secondary N) is 1. The molecular formula is C18H24ClNO3S. The van der Waals surface area contributed by atoms with Gasteiger partial charge in [-0.15, -0.1) is 11.8 Å². The second-order valence-corrected chi connectivity index (χ2v) is 7.75. The van der Waals surface area contributed by atoms with Crippen LogP contribution in [0.15, 0.2) is 29.2 Å². The van der Waals surface area contributed by atoms with Crippen LogP contribution in [0.4, 0.5) is 0 Å². The number of ether oxygens (including phenoxy) is 1. The Balaban J connectivity index is 1.60. The third-order valence-corrected chi connectivity index (χ3v) is 5.48. The molecule has 132 valence electrons. The number of carbonyl (C=O) groups excluding carboxylic acids is 2. The highest BCUT2D eigenvalue weighted by atomic mass is 35.5. The summed E-state index contributed by atoms with van der Waals surface area (Å²) in [5.41, 5.74) is 0. The maximum absolute atomic E-state index is 11.9. The molecule has 1 aliphatic carbocycles. The van der Waals surface area contributed by atoms with Gasteiger partial charge in [0.05, 0.1) is 6.42 Å². The van der Waals surface area contributed by atoms with Gasteiger partial charge in [0.1, 0.15) is 0 Å². The van der Waals surface area contributed by atoms with Crippen molar-refractivity contribution in [2.75, 3.05) is 12.4 Å². The molecular weight excluding hydrogens is 346 g/mol. The van der Waals surface area contributed by atoms with Crippen molar-refractivity contribution in [1.82, 2.24) is 5.32 Å². The highest BCUT2D eigenvalue weighted by Crippen LogP contribution is 2.23. The van der Waals surface area contributed by atoms with E-state index in [9.17, 15) is 9.59 Å². The third-order valence-electron chi connectivity index (χ3n) is 4.21. The van der Waals surface area contributed by atoms with Crippen LogP contribution in [0.5, 0.6) is 0 Å². The van der Waals surface area contributed by atoms with E-state index in [1.165, 1.54) is 6.42 Å². The minimum atomic E-state index is -0.344. The summed E-state index contributed by atoms with van der Waals surface area (Å²) in [5, 5.41) is 3.67. The Kier molecular flexibility index (Phi) is 7.92. The first kappa shape index (κ1) is 19.1. The van der Waals surface area contributed by atoms with Gasteiger partial charge in [0.25, 0.3) is 5.91 Å². The van der Waals surface area contributed by atoms with Gasteiger partial charge in [0.15, 0.2) is 6.61 Å². The molecule has 0 heterocycles. The van der Waals surface area contributed by atoms with Gasteiger partial charge >= 0.3 is 5.97 Å². The van der Waals surface area contributed by atoms with Gasteiger partial charge in [-0.25, -0.2) is 0 Å². The van der Waals surface area contributed by atoms with Crippen LogP contribution in [0.3, 0.4) is 0 Å². The molecule has 0 aliphatic heterocycles. The fourth-order valence-corrected chi connectivity index (χ4v) is 3.74. The smallest absolute Gasteiger partial charge is 0.307 e. The van der Waals surface area contributed by atoms with Crippen LogP contribution in [-0.4, -0.2) is 30.3 Å². The van der Waals surface area contributed by atoms with Crippen molar-refractivity contribution < 1.29 is 14.3 Å². The molecule has 1 aromatic carbocycles. The summed E-state index contributed by atoms with van der Waals surface area (Å²) in [6.07, 6.45) is 4.82. The zero-order valence-corrected chi connectivity index (χ0v) is 15.5. The summed E-state index contributed by atoms with van der Waals surface area (Å²) in [4.78, 5) is 24.6. The first-order chi connectivity index (χ1) is 11.5. The van der Waals surface area contributed by atoms with Crippen LogP contribution in [-0.2, 0) is 14.3 Å². The van der Waals surface area contributed by atoms with Gasteiger partial charge in [-0.2, -0.15) is 0 Å². The lowest BCUT2D eigenvalue weighted by Crippen LogP contribution is -2.42. The minimum absolute atomic E-state index is 0.187. The van der Waals surface area contributed by atoms with Crippen molar-refractivity contribution in [3.05, 3.63) is 29.3 Å². The molecule has 0 spiro atoms. The summed E-state index contributed by atoms with van der Waals surface area (Å²) in [6, 6.07) is 7.68. The lowest BCUT2D eigenvalue weighted by atomic mass is 9.86. The molecule has 1 aromatic rings. The van der Waals surface area contributed by atoms with Crippen molar-refractivity contribution in [1.29, 1.82) is 0 Å². The van der Waals surface area contributed by atoms with Crippen LogP contribution >= 0.6 is 23.4 Å². The van der Waals surface area contributed by atoms with Crippen LogP contribution < -0.4 is 5.32 Å². The van der Waals surface area contributed by atoms with E-state index in [0.717, 1.165) is 24.2 Å². The zero-order chi connectivity index (χ0) is 17.4. The van der Waals surface area contributed by atoms with Gasteiger partial charge in [-0.3, -0.25) is 9.59 Å². The summed E-state index contributed by atoms with van der Waals surface area (Å²) < 4.78 is 5.05. The van der Waals surface area contributed by atoms with E-state index in [1.807, 2.05) is 24.3 Å². The molecule has 0 radical (unpaired) electrons. The van der Waals surface area contributed by atoms with E-state index in [-0.39, 0.29) is 30.9 Å². The Hall–Kier alpha value is -1.20. The number of esters is 1. The summed E-state index contributed by atoms with van der Waals surface area (Å²) in [5.74, 6) is 0.562. The van der Waals surface area contributed by atoms with Gasteiger partial charge in [-0.05, 0) is 43.0 Å². The van der Waals surface area contributed by atoms with E-state index in [1.54, 1.807) is 11.8 Å². The number of thioether (sulfide) groups is 1. The fourth-order valence-electron chi connectivity index (χ4n) is 2.78. The molecule has 6 heteroatoms. The quantitative estimate of drug-likeness (QED) is 0.581. The van der Waals surface area contributed by atoms with Gasteiger partial charge in [0.2, 0.25) is 0 Å². The normalized spacial score (nSPS) is 20.4.